The lowest BCUT2D eigenvalue weighted by molar-refractivity contribution is -0.643. The highest BCUT2D eigenvalue weighted by Crippen LogP contribution is 2.42. The first-order chi connectivity index (χ1) is 14.7. The van der Waals surface area contributed by atoms with Gasteiger partial charge in [0.15, 0.2) is 6.20 Å². The molecule has 0 bridgehead atoms. The van der Waals surface area contributed by atoms with Crippen LogP contribution in [-0.4, -0.2) is 4.40 Å². The molecule has 2 nitrogen and oxygen atoms in total. The van der Waals surface area contributed by atoms with Gasteiger partial charge < -0.3 is 4.40 Å². The van der Waals surface area contributed by atoms with Gasteiger partial charge in [-0.25, -0.2) is 4.57 Å². The standard InChI is InChI=1S/C29H29N2/c1-17-10-11-22-21-9-7-8-18(2)26(21)31-23-15-19(16-29(3,4)5)14-20-12-13-30(6)28(25(20)23)24(17)27(22)31/h7-15H,16H2,1-6H3/q+1. The zero-order valence-corrected chi connectivity index (χ0v) is 19.3. The Labute approximate surface area is 183 Å². The van der Waals surface area contributed by atoms with Gasteiger partial charge in [-0.2, -0.15) is 0 Å². The van der Waals surface area contributed by atoms with Crippen LogP contribution in [0.15, 0.2) is 54.7 Å². The first kappa shape index (κ1) is 18.6. The smallest absolute Gasteiger partial charge is 0.224 e. The maximum atomic E-state index is 2.56. The number of aryl methyl sites for hydroxylation is 3. The van der Waals surface area contributed by atoms with Gasteiger partial charge in [-0.1, -0.05) is 57.2 Å². The van der Waals surface area contributed by atoms with Crippen molar-refractivity contribution in [2.45, 2.75) is 41.0 Å². The van der Waals surface area contributed by atoms with E-state index in [1.165, 1.54) is 65.7 Å². The minimum absolute atomic E-state index is 0.246. The molecule has 0 spiro atoms. The summed E-state index contributed by atoms with van der Waals surface area (Å²) in [6.07, 6.45) is 3.29. The van der Waals surface area contributed by atoms with Crippen molar-refractivity contribution in [1.82, 2.24) is 4.40 Å². The van der Waals surface area contributed by atoms with Crippen LogP contribution in [0.4, 0.5) is 0 Å². The van der Waals surface area contributed by atoms with E-state index in [0.29, 0.717) is 0 Å². The Hall–Kier alpha value is -3.13. The van der Waals surface area contributed by atoms with E-state index < -0.39 is 0 Å². The van der Waals surface area contributed by atoms with E-state index >= 15 is 0 Å². The molecule has 31 heavy (non-hydrogen) atoms. The van der Waals surface area contributed by atoms with Gasteiger partial charge in [-0.15, -0.1) is 0 Å². The van der Waals surface area contributed by atoms with E-state index in [0.717, 1.165) is 6.42 Å². The molecule has 2 heteroatoms. The Morgan fingerprint density at radius 2 is 1.61 bits per heavy atom. The number of nitrogens with zero attached hydrogens (tertiary/aromatic N) is 2. The molecule has 0 saturated carbocycles. The van der Waals surface area contributed by atoms with E-state index in [1.807, 2.05) is 0 Å². The summed E-state index contributed by atoms with van der Waals surface area (Å²) in [5.74, 6) is 0. The van der Waals surface area contributed by atoms with Crippen LogP contribution in [0.1, 0.15) is 37.5 Å². The van der Waals surface area contributed by atoms with Crippen LogP contribution >= 0.6 is 0 Å². The Balaban J connectivity index is 2.00. The van der Waals surface area contributed by atoms with E-state index in [-0.39, 0.29) is 5.41 Å². The molecule has 6 rings (SSSR count). The third-order valence-corrected chi connectivity index (χ3v) is 6.85. The maximum Gasteiger partial charge on any atom is 0.224 e. The molecule has 0 N–H and O–H groups in total. The molecule has 0 radical (unpaired) electrons. The van der Waals surface area contributed by atoms with E-state index in [9.17, 15) is 0 Å². The van der Waals surface area contributed by atoms with Crippen LogP contribution < -0.4 is 4.57 Å². The Morgan fingerprint density at radius 3 is 2.39 bits per heavy atom. The molecule has 6 aromatic rings. The van der Waals surface area contributed by atoms with Gasteiger partial charge >= 0.3 is 0 Å². The second kappa shape index (κ2) is 5.97. The van der Waals surface area contributed by atoms with Crippen molar-refractivity contribution in [2.75, 3.05) is 0 Å². The summed E-state index contributed by atoms with van der Waals surface area (Å²) in [5, 5.41) is 6.77. The van der Waals surface area contributed by atoms with Crippen LogP contribution in [0.25, 0.3) is 49.0 Å². The fourth-order valence-corrected chi connectivity index (χ4v) is 5.70. The van der Waals surface area contributed by atoms with Gasteiger partial charge in [0.05, 0.1) is 27.3 Å². The maximum absolute atomic E-state index is 2.56. The molecule has 0 amide bonds. The number of pyridine rings is 2. The minimum Gasteiger partial charge on any atom is -0.307 e. The fraction of sp³-hybridized carbons (Fsp3) is 0.276. The predicted octanol–water partition coefficient (Wildman–Crippen LogP) is 7.02. The molecule has 0 atom stereocenters. The van der Waals surface area contributed by atoms with Crippen LogP contribution in [0.5, 0.6) is 0 Å². The summed E-state index contributed by atoms with van der Waals surface area (Å²) in [5.41, 5.74) is 9.69. The van der Waals surface area contributed by atoms with Gasteiger partial charge in [-0.3, -0.25) is 0 Å². The highest BCUT2D eigenvalue weighted by Gasteiger charge is 2.25. The number of hydrogen-bond donors (Lipinski definition) is 0. The Kier molecular flexibility index (Phi) is 3.59. The molecule has 0 saturated heterocycles. The van der Waals surface area contributed by atoms with Crippen molar-refractivity contribution in [2.24, 2.45) is 12.5 Å². The fourth-order valence-electron chi connectivity index (χ4n) is 5.70. The molecule has 3 aromatic heterocycles. The monoisotopic (exact) mass is 405 g/mol. The quantitative estimate of drug-likeness (QED) is 0.158. The van der Waals surface area contributed by atoms with Crippen molar-refractivity contribution in [1.29, 1.82) is 0 Å². The van der Waals surface area contributed by atoms with Crippen molar-refractivity contribution in [3.05, 3.63) is 71.4 Å². The first-order valence-corrected chi connectivity index (χ1v) is 11.2. The molecule has 0 fully saturated rings. The first-order valence-electron chi connectivity index (χ1n) is 11.2. The topological polar surface area (TPSA) is 8.29 Å². The summed E-state index contributed by atoms with van der Waals surface area (Å²) >= 11 is 0. The van der Waals surface area contributed by atoms with Gasteiger partial charge in [0.25, 0.3) is 0 Å². The predicted molar refractivity (Wildman–Crippen MR) is 132 cm³/mol. The molecular formula is C29H29N2+. The van der Waals surface area contributed by atoms with E-state index in [4.69, 9.17) is 0 Å². The molecule has 3 aromatic carbocycles. The number of para-hydroxylation sites is 1. The average Bonchev–Trinajstić information content (AvgIpc) is 3.03. The lowest BCUT2D eigenvalue weighted by atomic mass is 9.87. The van der Waals surface area contributed by atoms with Crippen LogP contribution in [0.2, 0.25) is 0 Å². The SMILES string of the molecule is Cc1ccc2c3cccc(C)c3n3c4cc(CC(C)(C)C)cc5cc[n+](C)c(c1c23)c54. The van der Waals surface area contributed by atoms with Crippen molar-refractivity contribution in [3.63, 3.8) is 0 Å². The molecule has 0 aliphatic rings. The summed E-state index contributed by atoms with van der Waals surface area (Å²) in [6.45, 7) is 11.5. The molecular weight excluding hydrogens is 376 g/mol. The zero-order valence-electron chi connectivity index (χ0n) is 19.3. The number of hydrogen-bond acceptors (Lipinski definition) is 0. The van der Waals surface area contributed by atoms with Gasteiger partial charge in [0.1, 0.15) is 7.05 Å². The third kappa shape index (κ3) is 2.48. The highest BCUT2D eigenvalue weighted by molar-refractivity contribution is 6.26. The second-order valence-electron chi connectivity index (χ2n) is 10.6. The minimum atomic E-state index is 0.246. The lowest BCUT2D eigenvalue weighted by Crippen LogP contribution is -2.29. The van der Waals surface area contributed by atoms with Gasteiger partial charge in [-0.05, 0) is 53.8 Å². The molecule has 0 aliphatic heterocycles. The van der Waals surface area contributed by atoms with E-state index in [2.05, 4.69) is 105 Å². The lowest BCUT2D eigenvalue weighted by Gasteiger charge is -2.20. The summed E-state index contributed by atoms with van der Waals surface area (Å²) in [7, 11) is 2.18. The highest BCUT2D eigenvalue weighted by atomic mass is 15.0. The second-order valence-corrected chi connectivity index (χ2v) is 10.6. The number of rotatable bonds is 1. The third-order valence-electron chi connectivity index (χ3n) is 6.85. The van der Waals surface area contributed by atoms with Crippen molar-refractivity contribution in [3.8, 4) is 0 Å². The number of aromatic nitrogens is 2. The molecule has 0 aliphatic carbocycles. The summed E-state index contributed by atoms with van der Waals surface area (Å²) < 4.78 is 4.87. The van der Waals surface area contributed by atoms with Gasteiger partial charge in [0, 0.05) is 16.8 Å². The largest absolute Gasteiger partial charge is 0.307 e. The molecule has 3 heterocycles. The molecule has 0 unspecified atom stereocenters. The molecule has 154 valence electrons. The van der Waals surface area contributed by atoms with Crippen molar-refractivity contribution < 1.29 is 4.57 Å². The summed E-state index contributed by atoms with van der Waals surface area (Å²) in [6, 6.07) is 18.5. The zero-order chi connectivity index (χ0) is 21.7. The summed E-state index contributed by atoms with van der Waals surface area (Å²) in [4.78, 5) is 0. The van der Waals surface area contributed by atoms with E-state index in [1.54, 1.807) is 0 Å². The van der Waals surface area contributed by atoms with Gasteiger partial charge in [0.2, 0.25) is 5.52 Å². The normalized spacial score (nSPS) is 13.0. The van der Waals surface area contributed by atoms with Crippen LogP contribution in [0, 0.1) is 19.3 Å². The average molecular weight is 406 g/mol. The van der Waals surface area contributed by atoms with Crippen LogP contribution in [-0.2, 0) is 13.5 Å². The Bertz CT molecular complexity index is 1660. The van der Waals surface area contributed by atoms with Crippen molar-refractivity contribution >= 4 is 49.0 Å². The number of benzene rings is 3. The van der Waals surface area contributed by atoms with Crippen LogP contribution in [0.3, 0.4) is 0 Å². The Morgan fingerprint density at radius 1 is 0.839 bits per heavy atom. The number of fused-ring (bicyclic) bond motifs is 5.